The second kappa shape index (κ2) is 8.95. The number of rotatable bonds is 7. The third-order valence-corrected chi connectivity index (χ3v) is 3.95. The first-order valence-corrected chi connectivity index (χ1v) is 7.83. The van der Waals surface area contributed by atoms with E-state index in [0.29, 0.717) is 38.1 Å². The minimum Gasteiger partial charge on any atom is -0.356 e. The Morgan fingerprint density at radius 2 is 1.65 bits per heavy atom. The van der Waals surface area contributed by atoms with E-state index in [2.05, 4.69) is 29.4 Å². The van der Waals surface area contributed by atoms with Crippen LogP contribution in [0.5, 0.6) is 0 Å². The number of amides is 2. The van der Waals surface area contributed by atoms with Gasteiger partial charge in [-0.25, -0.2) is 0 Å². The van der Waals surface area contributed by atoms with Crippen LogP contribution in [0.15, 0.2) is 0 Å². The number of carbonyl (C=O) groups excluding carboxylic acids is 2. The van der Waals surface area contributed by atoms with Crippen LogP contribution in [-0.2, 0) is 9.59 Å². The first-order chi connectivity index (χ1) is 9.54. The third-order valence-electron chi connectivity index (χ3n) is 3.95. The van der Waals surface area contributed by atoms with Gasteiger partial charge in [0.1, 0.15) is 0 Å². The van der Waals surface area contributed by atoms with Crippen LogP contribution in [0, 0.1) is 0 Å². The predicted octanol–water partition coefficient (Wildman–Crippen LogP) is 1.28. The second-order valence-electron chi connectivity index (χ2n) is 5.75. The van der Waals surface area contributed by atoms with Crippen molar-refractivity contribution in [2.24, 2.45) is 0 Å². The molecule has 1 saturated heterocycles. The highest BCUT2D eigenvalue weighted by molar-refractivity contribution is 5.80. The van der Waals surface area contributed by atoms with Crippen LogP contribution >= 0.6 is 0 Å². The standard InChI is InChI=1S/C15H29N3O2/c1-4-9-16-14(19)8-10-17-15(20)11-18-12(2)6-5-7-13(18)3/h12-13H,4-11H2,1-3H3,(H,16,19)(H,17,20). The molecule has 2 amide bonds. The van der Waals surface area contributed by atoms with Crippen molar-refractivity contribution in [2.75, 3.05) is 19.6 Å². The van der Waals surface area contributed by atoms with E-state index in [1.807, 2.05) is 6.92 Å². The molecule has 1 aliphatic heterocycles. The molecule has 20 heavy (non-hydrogen) atoms. The number of carbonyl (C=O) groups is 2. The molecule has 1 fully saturated rings. The van der Waals surface area contributed by atoms with Crippen LogP contribution in [0.2, 0.25) is 0 Å². The van der Waals surface area contributed by atoms with Crippen molar-refractivity contribution in [2.45, 2.75) is 65.0 Å². The van der Waals surface area contributed by atoms with Gasteiger partial charge in [-0.3, -0.25) is 14.5 Å². The number of nitrogens with one attached hydrogen (secondary N) is 2. The lowest BCUT2D eigenvalue weighted by molar-refractivity contribution is -0.124. The Kier molecular flexibility index (Phi) is 7.59. The lowest BCUT2D eigenvalue weighted by Crippen LogP contribution is -2.49. The van der Waals surface area contributed by atoms with Gasteiger partial charge in [0.25, 0.3) is 0 Å². The highest BCUT2D eigenvalue weighted by atomic mass is 16.2. The second-order valence-corrected chi connectivity index (χ2v) is 5.75. The molecule has 0 spiro atoms. The highest BCUT2D eigenvalue weighted by Gasteiger charge is 2.26. The Labute approximate surface area is 122 Å². The topological polar surface area (TPSA) is 61.4 Å². The molecule has 1 rings (SSSR count). The fourth-order valence-corrected chi connectivity index (χ4v) is 2.68. The van der Waals surface area contributed by atoms with Gasteiger partial charge in [0.15, 0.2) is 0 Å². The van der Waals surface area contributed by atoms with E-state index in [9.17, 15) is 9.59 Å². The summed E-state index contributed by atoms with van der Waals surface area (Å²) >= 11 is 0. The van der Waals surface area contributed by atoms with Crippen molar-refractivity contribution in [1.29, 1.82) is 0 Å². The van der Waals surface area contributed by atoms with Crippen molar-refractivity contribution < 1.29 is 9.59 Å². The van der Waals surface area contributed by atoms with Crippen molar-refractivity contribution >= 4 is 11.8 Å². The summed E-state index contributed by atoms with van der Waals surface area (Å²) in [5.41, 5.74) is 0. The Balaban J connectivity index is 2.21. The van der Waals surface area contributed by atoms with Gasteiger partial charge >= 0.3 is 0 Å². The van der Waals surface area contributed by atoms with Crippen molar-refractivity contribution in [1.82, 2.24) is 15.5 Å². The Morgan fingerprint density at radius 1 is 1.05 bits per heavy atom. The molecule has 0 aromatic carbocycles. The van der Waals surface area contributed by atoms with E-state index in [0.717, 1.165) is 19.3 Å². The molecule has 0 aliphatic carbocycles. The molecule has 116 valence electrons. The minimum atomic E-state index is 0.00635. The van der Waals surface area contributed by atoms with E-state index in [-0.39, 0.29) is 11.8 Å². The zero-order valence-corrected chi connectivity index (χ0v) is 13.1. The monoisotopic (exact) mass is 283 g/mol. The highest BCUT2D eigenvalue weighted by Crippen LogP contribution is 2.21. The molecule has 0 saturated carbocycles. The number of nitrogens with zero attached hydrogens (tertiary/aromatic N) is 1. The quantitative estimate of drug-likeness (QED) is 0.740. The van der Waals surface area contributed by atoms with Crippen LogP contribution in [-0.4, -0.2) is 48.4 Å². The SMILES string of the molecule is CCCNC(=O)CCNC(=O)CN1C(C)CCCC1C. The van der Waals surface area contributed by atoms with Gasteiger partial charge in [-0.05, 0) is 33.1 Å². The average Bonchev–Trinajstić information content (AvgIpc) is 2.41. The van der Waals surface area contributed by atoms with Gasteiger partial charge in [0.05, 0.1) is 6.54 Å². The molecule has 0 bridgehead atoms. The molecule has 0 aromatic heterocycles. The first kappa shape index (κ1) is 17.0. The smallest absolute Gasteiger partial charge is 0.234 e. The van der Waals surface area contributed by atoms with Gasteiger partial charge in [-0.2, -0.15) is 0 Å². The van der Waals surface area contributed by atoms with Crippen molar-refractivity contribution in [3.05, 3.63) is 0 Å². The van der Waals surface area contributed by atoms with E-state index in [1.54, 1.807) is 0 Å². The molecule has 2 N–H and O–H groups in total. The fourth-order valence-electron chi connectivity index (χ4n) is 2.68. The minimum absolute atomic E-state index is 0.00635. The van der Waals surface area contributed by atoms with Crippen LogP contribution in [0.25, 0.3) is 0 Å². The lowest BCUT2D eigenvalue weighted by Gasteiger charge is -2.38. The molecule has 1 aliphatic rings. The van der Waals surface area contributed by atoms with E-state index >= 15 is 0 Å². The summed E-state index contributed by atoms with van der Waals surface area (Å²) in [6.07, 6.45) is 4.87. The van der Waals surface area contributed by atoms with Gasteiger partial charge in [-0.15, -0.1) is 0 Å². The molecule has 2 unspecified atom stereocenters. The number of likely N-dealkylation sites (tertiary alicyclic amines) is 1. The molecule has 0 radical (unpaired) electrons. The molecule has 2 atom stereocenters. The largest absolute Gasteiger partial charge is 0.356 e. The summed E-state index contributed by atoms with van der Waals surface area (Å²) in [7, 11) is 0. The maximum atomic E-state index is 11.9. The van der Waals surface area contributed by atoms with E-state index in [4.69, 9.17) is 0 Å². The summed E-state index contributed by atoms with van der Waals surface area (Å²) in [5.74, 6) is 0.0285. The molecule has 1 heterocycles. The van der Waals surface area contributed by atoms with Gasteiger partial charge in [0.2, 0.25) is 11.8 Å². The van der Waals surface area contributed by atoms with Gasteiger partial charge in [-0.1, -0.05) is 13.3 Å². The van der Waals surface area contributed by atoms with E-state index < -0.39 is 0 Å². The molecule has 5 nitrogen and oxygen atoms in total. The summed E-state index contributed by atoms with van der Waals surface area (Å²) < 4.78 is 0. The summed E-state index contributed by atoms with van der Waals surface area (Å²) in [4.78, 5) is 25.6. The Morgan fingerprint density at radius 3 is 2.25 bits per heavy atom. The lowest BCUT2D eigenvalue weighted by atomic mass is 9.97. The Hall–Kier alpha value is -1.10. The zero-order chi connectivity index (χ0) is 15.0. The molecule has 0 aromatic rings. The molecular formula is C15H29N3O2. The van der Waals surface area contributed by atoms with Crippen molar-refractivity contribution in [3.8, 4) is 0 Å². The average molecular weight is 283 g/mol. The predicted molar refractivity (Wildman–Crippen MR) is 80.4 cm³/mol. The zero-order valence-electron chi connectivity index (χ0n) is 13.1. The summed E-state index contributed by atoms with van der Waals surface area (Å²) in [6.45, 7) is 7.95. The van der Waals surface area contributed by atoms with Crippen molar-refractivity contribution in [3.63, 3.8) is 0 Å². The Bertz CT molecular complexity index is 310. The first-order valence-electron chi connectivity index (χ1n) is 7.83. The maximum Gasteiger partial charge on any atom is 0.234 e. The fraction of sp³-hybridized carbons (Fsp3) is 0.867. The van der Waals surface area contributed by atoms with E-state index in [1.165, 1.54) is 6.42 Å². The molecular weight excluding hydrogens is 254 g/mol. The summed E-state index contributed by atoms with van der Waals surface area (Å²) in [6, 6.07) is 0.940. The van der Waals surface area contributed by atoms with Crippen LogP contribution < -0.4 is 10.6 Å². The number of piperidine rings is 1. The maximum absolute atomic E-state index is 11.9. The van der Waals surface area contributed by atoms with Crippen LogP contribution in [0.3, 0.4) is 0 Å². The number of hydrogen-bond acceptors (Lipinski definition) is 3. The van der Waals surface area contributed by atoms with Crippen LogP contribution in [0.1, 0.15) is 52.9 Å². The third kappa shape index (κ3) is 5.90. The van der Waals surface area contributed by atoms with Gasteiger partial charge in [0, 0.05) is 31.6 Å². The number of hydrogen-bond donors (Lipinski definition) is 2. The molecule has 5 heteroatoms. The normalized spacial score (nSPS) is 23.4. The van der Waals surface area contributed by atoms with Crippen LogP contribution in [0.4, 0.5) is 0 Å². The summed E-state index contributed by atoms with van der Waals surface area (Å²) in [5, 5.41) is 5.64. The van der Waals surface area contributed by atoms with Gasteiger partial charge < -0.3 is 10.6 Å².